The van der Waals surface area contributed by atoms with E-state index in [1.54, 1.807) is 12.1 Å². The van der Waals surface area contributed by atoms with Crippen LogP contribution in [0.3, 0.4) is 0 Å². The third kappa shape index (κ3) is 4.61. The van der Waals surface area contributed by atoms with Gasteiger partial charge in [-0.1, -0.05) is 12.1 Å². The summed E-state index contributed by atoms with van der Waals surface area (Å²) in [4.78, 5) is 1.16. The fraction of sp³-hybridized carbons (Fsp3) is 0.533. The van der Waals surface area contributed by atoms with Crippen molar-refractivity contribution in [3.63, 3.8) is 0 Å². The van der Waals surface area contributed by atoms with E-state index in [2.05, 4.69) is 0 Å². The molecule has 0 aliphatic carbocycles. The molecule has 126 valence electrons. The molecule has 0 amide bonds. The molecule has 1 aliphatic rings. The van der Waals surface area contributed by atoms with Crippen LogP contribution < -0.4 is 0 Å². The number of likely N-dealkylation sites (tertiary alicyclic amines) is 1. The van der Waals surface area contributed by atoms with Gasteiger partial charge in [-0.3, -0.25) is 4.90 Å². The summed E-state index contributed by atoms with van der Waals surface area (Å²) in [5.41, 5.74) is 0.840. The van der Waals surface area contributed by atoms with Crippen LogP contribution in [0, 0.1) is 23.2 Å². The molecule has 0 saturated carbocycles. The Morgan fingerprint density at radius 3 is 2.09 bits per heavy atom. The molecule has 23 heavy (non-hydrogen) atoms. The molecule has 0 bridgehead atoms. The van der Waals surface area contributed by atoms with Crippen LogP contribution in [0.1, 0.15) is 17.5 Å². The Bertz CT molecular complexity index is 565. The molecule has 1 aliphatic heterocycles. The Balaban J connectivity index is 2.17. The van der Waals surface area contributed by atoms with Gasteiger partial charge in [0.05, 0.1) is 23.5 Å². The van der Waals surface area contributed by atoms with Gasteiger partial charge >= 0.3 is 12.4 Å². The van der Waals surface area contributed by atoms with Gasteiger partial charge in [0.2, 0.25) is 0 Å². The minimum absolute atomic E-state index is 0.0469. The number of alkyl halides is 6. The summed E-state index contributed by atoms with van der Waals surface area (Å²) in [6.45, 7) is -0.978. The van der Waals surface area contributed by atoms with Gasteiger partial charge < -0.3 is 0 Å². The number of halogens is 6. The highest BCUT2D eigenvalue weighted by molar-refractivity contribution is 5.32. The number of hydrogen-bond acceptors (Lipinski definition) is 2. The zero-order valence-electron chi connectivity index (χ0n) is 12.0. The van der Waals surface area contributed by atoms with E-state index in [4.69, 9.17) is 5.26 Å². The van der Waals surface area contributed by atoms with Crippen molar-refractivity contribution in [1.29, 1.82) is 5.26 Å². The normalized spacial score (nSPS) is 23.5. The number of benzene rings is 1. The lowest BCUT2D eigenvalue weighted by Crippen LogP contribution is -2.49. The van der Waals surface area contributed by atoms with Crippen LogP contribution in [0.4, 0.5) is 26.3 Å². The number of rotatable bonds is 2. The summed E-state index contributed by atoms with van der Waals surface area (Å²) in [5.74, 6) is -4.00. The summed E-state index contributed by atoms with van der Waals surface area (Å²) in [7, 11) is 0. The molecule has 0 N–H and O–H groups in total. The van der Waals surface area contributed by atoms with Crippen molar-refractivity contribution in [2.75, 3.05) is 13.1 Å². The fourth-order valence-electron chi connectivity index (χ4n) is 2.79. The fourth-order valence-corrected chi connectivity index (χ4v) is 2.79. The molecule has 2 nitrogen and oxygen atoms in total. The maximum Gasteiger partial charge on any atom is 0.393 e. The quantitative estimate of drug-likeness (QED) is 0.760. The van der Waals surface area contributed by atoms with Gasteiger partial charge in [0, 0.05) is 19.6 Å². The minimum atomic E-state index is -4.66. The molecule has 0 spiro atoms. The van der Waals surface area contributed by atoms with Crippen molar-refractivity contribution in [2.45, 2.75) is 25.3 Å². The van der Waals surface area contributed by atoms with Gasteiger partial charge in [-0.15, -0.1) is 0 Å². The van der Waals surface area contributed by atoms with Crippen molar-refractivity contribution in [2.24, 2.45) is 11.8 Å². The topological polar surface area (TPSA) is 27.0 Å². The standard InChI is InChI=1S/C15H14F6N2/c16-14(17,18)12-5-13(15(19,20)21)9-23(8-12)7-11-3-1-2-10(4-11)6-22/h1-4,12-13H,5,7-9H2/t12-,13-/m1/s1. The average molecular weight is 336 g/mol. The van der Waals surface area contributed by atoms with Gasteiger partial charge in [-0.25, -0.2) is 0 Å². The van der Waals surface area contributed by atoms with Gasteiger partial charge in [0.1, 0.15) is 0 Å². The first-order valence-electron chi connectivity index (χ1n) is 6.94. The van der Waals surface area contributed by atoms with Crippen molar-refractivity contribution in [1.82, 2.24) is 4.90 Å². The van der Waals surface area contributed by atoms with E-state index in [0.717, 1.165) is 4.90 Å². The predicted molar refractivity (Wildman–Crippen MR) is 70.1 cm³/mol. The van der Waals surface area contributed by atoms with E-state index in [1.807, 2.05) is 6.07 Å². The second kappa shape index (κ2) is 6.40. The predicted octanol–water partition coefficient (Wildman–Crippen LogP) is 4.12. The van der Waals surface area contributed by atoms with Crippen molar-refractivity contribution >= 4 is 0 Å². The van der Waals surface area contributed by atoms with Crippen molar-refractivity contribution < 1.29 is 26.3 Å². The Morgan fingerprint density at radius 1 is 1.04 bits per heavy atom. The number of hydrogen-bond donors (Lipinski definition) is 0. The van der Waals surface area contributed by atoms with E-state index in [0.29, 0.717) is 11.1 Å². The molecular weight excluding hydrogens is 322 g/mol. The Hall–Kier alpha value is -1.75. The van der Waals surface area contributed by atoms with Gasteiger partial charge in [-0.05, 0) is 24.1 Å². The van der Waals surface area contributed by atoms with E-state index >= 15 is 0 Å². The maximum atomic E-state index is 12.9. The molecule has 1 aromatic rings. The first-order valence-corrected chi connectivity index (χ1v) is 6.94. The lowest BCUT2D eigenvalue weighted by atomic mass is 9.88. The molecule has 1 aromatic carbocycles. The summed E-state index contributed by atoms with van der Waals surface area (Å²) in [5, 5.41) is 8.80. The highest BCUT2D eigenvalue weighted by atomic mass is 19.4. The molecule has 0 aromatic heterocycles. The molecule has 0 radical (unpaired) electrons. The van der Waals surface area contributed by atoms with Crippen LogP contribution in [-0.2, 0) is 6.54 Å². The zero-order chi connectivity index (χ0) is 17.3. The Kier molecular flexibility index (Phi) is 4.90. The van der Waals surface area contributed by atoms with Crippen molar-refractivity contribution in [3.05, 3.63) is 35.4 Å². The summed E-state index contributed by atoms with van der Waals surface area (Å²) < 4.78 is 77.4. The maximum absolute atomic E-state index is 12.9. The van der Waals surface area contributed by atoms with Crippen LogP contribution in [0.2, 0.25) is 0 Å². The highest BCUT2D eigenvalue weighted by Gasteiger charge is 2.51. The first-order chi connectivity index (χ1) is 10.6. The number of nitriles is 1. The van der Waals surface area contributed by atoms with Crippen LogP contribution in [0.5, 0.6) is 0 Å². The molecule has 0 unspecified atom stereocenters. The van der Waals surface area contributed by atoms with Crippen LogP contribution >= 0.6 is 0 Å². The minimum Gasteiger partial charge on any atom is -0.298 e. The molecule has 2 atom stereocenters. The average Bonchev–Trinajstić information content (AvgIpc) is 2.45. The summed E-state index contributed by atoms with van der Waals surface area (Å²) >= 11 is 0. The van der Waals surface area contributed by atoms with E-state index in [1.165, 1.54) is 12.1 Å². The van der Waals surface area contributed by atoms with Gasteiger partial charge in [0.25, 0.3) is 0 Å². The van der Waals surface area contributed by atoms with E-state index in [9.17, 15) is 26.3 Å². The van der Waals surface area contributed by atoms with Gasteiger partial charge in [0.15, 0.2) is 0 Å². The third-order valence-electron chi connectivity index (χ3n) is 3.91. The summed E-state index contributed by atoms with van der Waals surface area (Å²) in [6, 6.07) is 8.03. The third-order valence-corrected chi connectivity index (χ3v) is 3.91. The number of piperidine rings is 1. The lowest BCUT2D eigenvalue weighted by Gasteiger charge is -2.39. The molecular formula is C15H14F6N2. The number of nitrogens with zero attached hydrogens (tertiary/aromatic N) is 2. The zero-order valence-corrected chi connectivity index (χ0v) is 12.0. The second-order valence-corrected chi connectivity index (χ2v) is 5.72. The van der Waals surface area contributed by atoms with Crippen LogP contribution in [0.15, 0.2) is 24.3 Å². The largest absolute Gasteiger partial charge is 0.393 e. The van der Waals surface area contributed by atoms with Crippen molar-refractivity contribution in [3.8, 4) is 6.07 Å². The molecule has 8 heteroatoms. The van der Waals surface area contributed by atoms with Crippen LogP contribution in [-0.4, -0.2) is 30.3 Å². The molecule has 1 saturated heterocycles. The molecule has 1 fully saturated rings. The monoisotopic (exact) mass is 336 g/mol. The Labute approximate surface area is 129 Å². The van der Waals surface area contributed by atoms with E-state index < -0.39 is 43.7 Å². The Morgan fingerprint density at radius 2 is 1.61 bits per heavy atom. The smallest absolute Gasteiger partial charge is 0.298 e. The summed E-state index contributed by atoms with van der Waals surface area (Å²) in [6.07, 6.45) is -10.2. The van der Waals surface area contributed by atoms with Gasteiger partial charge in [-0.2, -0.15) is 31.6 Å². The lowest BCUT2D eigenvalue weighted by molar-refractivity contribution is -0.231. The highest BCUT2D eigenvalue weighted by Crippen LogP contribution is 2.41. The molecule has 1 heterocycles. The van der Waals surface area contributed by atoms with Crippen LogP contribution in [0.25, 0.3) is 0 Å². The van der Waals surface area contributed by atoms with E-state index in [-0.39, 0.29) is 6.54 Å². The molecule has 2 rings (SSSR count). The first kappa shape index (κ1) is 17.6. The SMILES string of the molecule is N#Cc1cccc(CN2C[C@H](C(F)(F)F)C[C@@H](C(F)(F)F)C2)c1. The second-order valence-electron chi connectivity index (χ2n) is 5.72.